The van der Waals surface area contributed by atoms with Gasteiger partial charge in [0.2, 0.25) is 0 Å². The van der Waals surface area contributed by atoms with Gasteiger partial charge in [0, 0.05) is 17.0 Å². The Morgan fingerprint density at radius 3 is 2.89 bits per heavy atom. The van der Waals surface area contributed by atoms with E-state index in [0.29, 0.717) is 6.04 Å². The fourth-order valence-electron chi connectivity index (χ4n) is 1.86. The summed E-state index contributed by atoms with van der Waals surface area (Å²) < 4.78 is 5.32. The van der Waals surface area contributed by atoms with Gasteiger partial charge in [-0.25, -0.2) is 0 Å². The van der Waals surface area contributed by atoms with Gasteiger partial charge in [0.05, 0.1) is 13.7 Å². The van der Waals surface area contributed by atoms with Gasteiger partial charge in [0.15, 0.2) is 0 Å². The monoisotopic (exact) mass is 267 g/mol. The van der Waals surface area contributed by atoms with Crippen LogP contribution < -0.4 is 10.1 Å². The molecule has 1 aromatic rings. The van der Waals surface area contributed by atoms with Gasteiger partial charge >= 0.3 is 0 Å². The maximum absolute atomic E-state index is 9.30. The van der Waals surface area contributed by atoms with Crippen molar-refractivity contribution in [3.8, 4) is 5.75 Å². The average Bonchev–Trinajstić information content (AvgIpc) is 3.22. The number of aliphatic hydroxyl groups is 1. The van der Waals surface area contributed by atoms with Crippen LogP contribution in [0.4, 0.5) is 0 Å². The molecule has 0 amide bonds. The Morgan fingerprint density at radius 2 is 2.22 bits per heavy atom. The molecule has 0 bridgehead atoms. The first-order valence-electron chi connectivity index (χ1n) is 6.46. The van der Waals surface area contributed by atoms with Crippen molar-refractivity contribution < 1.29 is 9.84 Å². The number of methoxy groups -OCH3 is 1. The Hall–Kier alpha value is -0.710. The van der Waals surface area contributed by atoms with Gasteiger partial charge in [0.1, 0.15) is 5.75 Å². The molecule has 0 aliphatic heterocycles. The normalized spacial score (nSPS) is 16.6. The van der Waals surface area contributed by atoms with Gasteiger partial charge in [-0.3, -0.25) is 0 Å². The van der Waals surface area contributed by atoms with E-state index in [0.717, 1.165) is 17.9 Å². The molecular weight excluding hydrogens is 246 g/mol. The Labute approximate surface area is 113 Å². The second kappa shape index (κ2) is 7.02. The van der Waals surface area contributed by atoms with Crippen LogP contribution >= 0.6 is 11.8 Å². The molecule has 0 spiro atoms. The van der Waals surface area contributed by atoms with Gasteiger partial charge in [0.25, 0.3) is 0 Å². The van der Waals surface area contributed by atoms with Crippen LogP contribution in [0.25, 0.3) is 0 Å². The lowest BCUT2D eigenvalue weighted by Gasteiger charge is -2.15. The zero-order valence-corrected chi connectivity index (χ0v) is 11.6. The molecule has 1 aliphatic carbocycles. The number of nitrogens with one attached hydrogen (secondary N) is 1. The van der Waals surface area contributed by atoms with Crippen molar-refractivity contribution in [1.82, 2.24) is 5.32 Å². The molecule has 100 valence electrons. The molecular formula is C14H21NO2S. The maximum atomic E-state index is 9.30. The van der Waals surface area contributed by atoms with E-state index < -0.39 is 0 Å². The van der Waals surface area contributed by atoms with E-state index in [2.05, 4.69) is 11.4 Å². The van der Waals surface area contributed by atoms with Crippen molar-refractivity contribution in [1.29, 1.82) is 0 Å². The van der Waals surface area contributed by atoms with E-state index in [1.54, 1.807) is 18.9 Å². The van der Waals surface area contributed by atoms with Crippen LogP contribution in [0.3, 0.4) is 0 Å². The summed E-state index contributed by atoms with van der Waals surface area (Å²) in [5.74, 6) is 1.92. The first kappa shape index (κ1) is 13.7. The van der Waals surface area contributed by atoms with Crippen LogP contribution in [0.1, 0.15) is 19.3 Å². The first-order chi connectivity index (χ1) is 8.83. The first-order valence-corrected chi connectivity index (χ1v) is 7.44. The molecule has 1 atom stereocenters. The smallest absolute Gasteiger partial charge is 0.132 e. The van der Waals surface area contributed by atoms with Gasteiger partial charge < -0.3 is 15.2 Å². The van der Waals surface area contributed by atoms with E-state index in [1.807, 2.05) is 18.2 Å². The quantitative estimate of drug-likeness (QED) is 0.709. The van der Waals surface area contributed by atoms with Crippen LogP contribution in [0, 0.1) is 0 Å². The summed E-state index contributed by atoms with van der Waals surface area (Å²) >= 11 is 1.79. The minimum absolute atomic E-state index is 0.225. The number of hydrogen-bond donors (Lipinski definition) is 2. The lowest BCUT2D eigenvalue weighted by molar-refractivity contribution is 0.239. The number of hydrogen-bond acceptors (Lipinski definition) is 4. The number of aliphatic hydroxyl groups excluding tert-OH is 1. The van der Waals surface area contributed by atoms with E-state index in [9.17, 15) is 5.11 Å². The molecule has 2 N–H and O–H groups in total. The molecule has 1 saturated carbocycles. The summed E-state index contributed by atoms with van der Waals surface area (Å²) in [5.41, 5.74) is 0. The van der Waals surface area contributed by atoms with Gasteiger partial charge in [-0.05, 0) is 37.1 Å². The van der Waals surface area contributed by atoms with E-state index in [1.165, 1.54) is 17.7 Å². The molecule has 0 aromatic heterocycles. The molecule has 1 aliphatic rings. The maximum Gasteiger partial charge on any atom is 0.132 e. The predicted octanol–water partition coefficient (Wildman–Crippen LogP) is 2.29. The third-order valence-electron chi connectivity index (χ3n) is 3.06. The largest absolute Gasteiger partial charge is 0.496 e. The average molecular weight is 267 g/mol. The van der Waals surface area contributed by atoms with Crippen molar-refractivity contribution >= 4 is 11.8 Å². The number of rotatable bonds is 8. The summed E-state index contributed by atoms with van der Waals surface area (Å²) in [4.78, 5) is 1.17. The Balaban J connectivity index is 1.75. The van der Waals surface area contributed by atoms with Gasteiger partial charge in [-0.1, -0.05) is 12.1 Å². The molecule has 1 unspecified atom stereocenters. The van der Waals surface area contributed by atoms with Crippen molar-refractivity contribution in [3.63, 3.8) is 0 Å². The van der Waals surface area contributed by atoms with Crippen molar-refractivity contribution in [2.24, 2.45) is 0 Å². The fraction of sp³-hybridized carbons (Fsp3) is 0.571. The summed E-state index contributed by atoms with van der Waals surface area (Å²) in [6.45, 7) is 0.225. The van der Waals surface area contributed by atoms with Crippen LogP contribution in [0.5, 0.6) is 5.75 Å². The van der Waals surface area contributed by atoms with Gasteiger partial charge in [-0.15, -0.1) is 11.8 Å². The predicted molar refractivity (Wildman–Crippen MR) is 75.4 cm³/mol. The van der Waals surface area contributed by atoms with Crippen molar-refractivity contribution in [2.75, 3.05) is 19.5 Å². The zero-order valence-electron chi connectivity index (χ0n) is 10.8. The number of thioether (sulfide) groups is 1. The van der Waals surface area contributed by atoms with E-state index in [-0.39, 0.29) is 12.6 Å². The SMILES string of the molecule is COc1ccccc1SCCC(CO)NC1CC1. The standard InChI is InChI=1S/C14H21NO2S/c1-17-13-4-2-3-5-14(13)18-9-8-12(10-16)15-11-6-7-11/h2-5,11-12,15-16H,6-10H2,1H3. The zero-order chi connectivity index (χ0) is 12.8. The summed E-state index contributed by atoms with van der Waals surface area (Å²) in [5, 5.41) is 12.8. The lowest BCUT2D eigenvalue weighted by Crippen LogP contribution is -2.34. The molecule has 2 rings (SSSR count). The summed E-state index contributed by atoms with van der Waals surface area (Å²) in [7, 11) is 1.70. The molecule has 0 saturated heterocycles. The van der Waals surface area contributed by atoms with Gasteiger partial charge in [-0.2, -0.15) is 0 Å². The molecule has 3 nitrogen and oxygen atoms in total. The topological polar surface area (TPSA) is 41.5 Å². The highest BCUT2D eigenvalue weighted by Crippen LogP contribution is 2.29. The molecule has 1 aromatic carbocycles. The third-order valence-corrected chi connectivity index (χ3v) is 4.15. The van der Waals surface area contributed by atoms with Crippen LogP contribution in [0.2, 0.25) is 0 Å². The third kappa shape index (κ3) is 4.19. The Kier molecular flexibility index (Phi) is 5.35. The number of benzene rings is 1. The number of ether oxygens (including phenoxy) is 1. The second-order valence-corrected chi connectivity index (χ2v) is 5.75. The summed E-state index contributed by atoms with van der Waals surface area (Å²) in [6, 6.07) is 8.95. The van der Waals surface area contributed by atoms with Crippen LogP contribution in [0.15, 0.2) is 29.2 Å². The van der Waals surface area contributed by atoms with E-state index in [4.69, 9.17) is 4.74 Å². The fourth-order valence-corrected chi connectivity index (χ4v) is 2.95. The molecule has 18 heavy (non-hydrogen) atoms. The van der Waals surface area contributed by atoms with E-state index >= 15 is 0 Å². The molecule has 0 radical (unpaired) electrons. The minimum atomic E-state index is 0.225. The van der Waals surface area contributed by atoms with Crippen molar-refractivity contribution in [2.45, 2.75) is 36.2 Å². The highest BCUT2D eigenvalue weighted by Gasteiger charge is 2.23. The molecule has 0 heterocycles. The number of para-hydroxylation sites is 1. The van der Waals surface area contributed by atoms with Crippen LogP contribution in [-0.2, 0) is 0 Å². The molecule has 1 fully saturated rings. The Bertz CT molecular complexity index is 369. The molecule has 4 heteroatoms. The highest BCUT2D eigenvalue weighted by molar-refractivity contribution is 7.99. The minimum Gasteiger partial charge on any atom is -0.496 e. The van der Waals surface area contributed by atoms with Crippen molar-refractivity contribution in [3.05, 3.63) is 24.3 Å². The lowest BCUT2D eigenvalue weighted by atomic mass is 10.2. The summed E-state index contributed by atoms with van der Waals surface area (Å²) in [6.07, 6.45) is 3.50. The second-order valence-electron chi connectivity index (χ2n) is 4.61. The highest BCUT2D eigenvalue weighted by atomic mass is 32.2. The Morgan fingerprint density at radius 1 is 1.44 bits per heavy atom. The van der Waals surface area contributed by atoms with Crippen LogP contribution in [-0.4, -0.2) is 36.7 Å².